The van der Waals surface area contributed by atoms with Gasteiger partial charge in [-0.3, -0.25) is 4.79 Å². The van der Waals surface area contributed by atoms with Gasteiger partial charge in [-0.15, -0.1) is 0 Å². The van der Waals surface area contributed by atoms with Crippen LogP contribution in [0.5, 0.6) is 0 Å². The molecule has 2 heterocycles. The summed E-state index contributed by atoms with van der Waals surface area (Å²) < 4.78 is 6.18. The minimum atomic E-state index is -0.0222. The van der Waals surface area contributed by atoms with Gasteiger partial charge in [0, 0.05) is 17.6 Å². The van der Waals surface area contributed by atoms with Gasteiger partial charge in [0.25, 0.3) is 0 Å². The molecule has 2 aromatic rings. The molecule has 4 nitrogen and oxygen atoms in total. The third-order valence-corrected chi connectivity index (χ3v) is 3.29. The number of furan rings is 1. The third kappa shape index (κ3) is 2.80. The monoisotopic (exact) mass is 288 g/mol. The number of H-pyrrole nitrogens is 1. The summed E-state index contributed by atoms with van der Waals surface area (Å²) in [5, 5.41) is 4.98. The number of aromatic nitrogens is 1. The minimum absolute atomic E-state index is 0.0222. The SMILES string of the molecule is O=c1[nH]c(CNCc2occc2Br)cs1. The third-order valence-electron chi connectivity index (χ3n) is 1.86. The quantitative estimate of drug-likeness (QED) is 0.906. The highest BCUT2D eigenvalue weighted by atomic mass is 79.9. The van der Waals surface area contributed by atoms with Gasteiger partial charge >= 0.3 is 4.87 Å². The highest BCUT2D eigenvalue weighted by Gasteiger charge is 2.02. The fourth-order valence-corrected chi connectivity index (χ4v) is 2.09. The Morgan fingerprint density at radius 2 is 2.40 bits per heavy atom. The number of hydrogen-bond donors (Lipinski definition) is 2. The molecule has 0 saturated carbocycles. The van der Waals surface area contributed by atoms with E-state index in [-0.39, 0.29) is 4.87 Å². The van der Waals surface area contributed by atoms with E-state index in [4.69, 9.17) is 4.42 Å². The molecule has 0 spiro atoms. The average molecular weight is 289 g/mol. The van der Waals surface area contributed by atoms with Crippen LogP contribution in [0, 0.1) is 0 Å². The number of aromatic amines is 1. The zero-order valence-electron chi connectivity index (χ0n) is 7.75. The molecule has 0 unspecified atom stereocenters. The van der Waals surface area contributed by atoms with Gasteiger partial charge in [0.2, 0.25) is 0 Å². The van der Waals surface area contributed by atoms with E-state index in [9.17, 15) is 4.79 Å². The molecule has 0 aliphatic rings. The van der Waals surface area contributed by atoms with Gasteiger partial charge < -0.3 is 14.7 Å². The van der Waals surface area contributed by atoms with Crippen molar-refractivity contribution in [3.8, 4) is 0 Å². The molecule has 0 aliphatic heterocycles. The highest BCUT2D eigenvalue weighted by Crippen LogP contribution is 2.16. The van der Waals surface area contributed by atoms with Crippen molar-refractivity contribution in [1.29, 1.82) is 0 Å². The molecule has 0 bridgehead atoms. The Labute approximate surface area is 98.5 Å². The second kappa shape index (κ2) is 4.78. The number of nitrogens with one attached hydrogen (secondary N) is 2. The lowest BCUT2D eigenvalue weighted by atomic mass is 10.4. The fraction of sp³-hybridized carbons (Fsp3) is 0.222. The molecule has 15 heavy (non-hydrogen) atoms. The summed E-state index contributed by atoms with van der Waals surface area (Å²) >= 11 is 4.54. The predicted octanol–water partition coefficient (Wildman–Crippen LogP) is 2.08. The number of thiazole rings is 1. The van der Waals surface area contributed by atoms with Gasteiger partial charge in [-0.2, -0.15) is 0 Å². The van der Waals surface area contributed by atoms with Crippen LogP contribution in [0.4, 0.5) is 0 Å². The maximum atomic E-state index is 10.8. The average Bonchev–Trinajstić information content (AvgIpc) is 2.77. The Hall–Kier alpha value is -0.850. The van der Waals surface area contributed by atoms with E-state index in [1.165, 1.54) is 11.3 Å². The van der Waals surface area contributed by atoms with Gasteiger partial charge in [-0.25, -0.2) is 0 Å². The zero-order valence-corrected chi connectivity index (χ0v) is 10.2. The molecular formula is C9H9BrN2O2S. The molecule has 0 fully saturated rings. The molecule has 0 amide bonds. The van der Waals surface area contributed by atoms with E-state index in [0.717, 1.165) is 15.9 Å². The molecule has 2 rings (SSSR count). The summed E-state index contributed by atoms with van der Waals surface area (Å²) in [5.74, 6) is 0.854. The van der Waals surface area contributed by atoms with Crippen LogP contribution >= 0.6 is 27.3 Å². The normalized spacial score (nSPS) is 10.7. The highest BCUT2D eigenvalue weighted by molar-refractivity contribution is 9.10. The van der Waals surface area contributed by atoms with E-state index < -0.39 is 0 Å². The molecule has 0 aromatic carbocycles. The Morgan fingerprint density at radius 3 is 3.00 bits per heavy atom. The molecule has 6 heteroatoms. The van der Waals surface area contributed by atoms with Gasteiger partial charge in [0.15, 0.2) is 0 Å². The lowest BCUT2D eigenvalue weighted by Gasteiger charge is -2.00. The summed E-state index contributed by atoms with van der Waals surface area (Å²) in [4.78, 5) is 13.6. The molecule has 80 valence electrons. The summed E-state index contributed by atoms with van der Waals surface area (Å²) in [5.41, 5.74) is 0.896. The summed E-state index contributed by atoms with van der Waals surface area (Å²) in [6.45, 7) is 1.26. The lowest BCUT2D eigenvalue weighted by Crippen LogP contribution is -2.13. The first-order chi connectivity index (χ1) is 7.25. The van der Waals surface area contributed by atoms with Crippen molar-refractivity contribution in [2.75, 3.05) is 0 Å². The Morgan fingerprint density at radius 1 is 1.53 bits per heavy atom. The first-order valence-electron chi connectivity index (χ1n) is 4.35. The molecule has 2 N–H and O–H groups in total. The zero-order chi connectivity index (χ0) is 10.7. The number of halogens is 1. The largest absolute Gasteiger partial charge is 0.467 e. The van der Waals surface area contributed by atoms with E-state index in [0.29, 0.717) is 13.1 Å². The summed E-state index contributed by atoms with van der Waals surface area (Å²) in [6.07, 6.45) is 1.63. The maximum Gasteiger partial charge on any atom is 0.304 e. The van der Waals surface area contributed by atoms with Gasteiger partial charge in [-0.1, -0.05) is 11.3 Å². The van der Waals surface area contributed by atoms with Crippen LogP contribution in [0.1, 0.15) is 11.5 Å². The standard InChI is InChI=1S/C9H9BrN2O2S/c10-7-1-2-14-8(7)4-11-3-6-5-15-9(13)12-6/h1-2,5,11H,3-4H2,(H,12,13). The van der Waals surface area contributed by atoms with E-state index in [1.54, 1.807) is 6.26 Å². The van der Waals surface area contributed by atoms with E-state index in [2.05, 4.69) is 26.2 Å². The Balaban J connectivity index is 1.85. The predicted molar refractivity (Wildman–Crippen MR) is 61.9 cm³/mol. The van der Waals surface area contributed by atoms with Gasteiger partial charge in [0.05, 0.1) is 17.3 Å². The van der Waals surface area contributed by atoms with Crippen molar-refractivity contribution in [2.24, 2.45) is 0 Å². The number of rotatable bonds is 4. The van der Waals surface area contributed by atoms with Gasteiger partial charge in [-0.05, 0) is 22.0 Å². The summed E-state index contributed by atoms with van der Waals surface area (Å²) in [6, 6.07) is 1.85. The van der Waals surface area contributed by atoms with Crippen LogP contribution in [-0.2, 0) is 13.1 Å². The van der Waals surface area contributed by atoms with Crippen LogP contribution in [0.25, 0.3) is 0 Å². The lowest BCUT2D eigenvalue weighted by molar-refractivity contribution is 0.479. The molecule has 0 aliphatic carbocycles. The van der Waals surface area contributed by atoms with Crippen LogP contribution in [-0.4, -0.2) is 4.98 Å². The van der Waals surface area contributed by atoms with Crippen molar-refractivity contribution >= 4 is 27.3 Å². The van der Waals surface area contributed by atoms with Crippen molar-refractivity contribution in [1.82, 2.24) is 10.3 Å². The van der Waals surface area contributed by atoms with Crippen LogP contribution in [0.2, 0.25) is 0 Å². The second-order valence-corrected chi connectivity index (χ2v) is 4.67. The van der Waals surface area contributed by atoms with Crippen molar-refractivity contribution in [3.63, 3.8) is 0 Å². The molecule has 0 saturated heterocycles. The summed E-state index contributed by atoms with van der Waals surface area (Å²) in [7, 11) is 0. The van der Waals surface area contributed by atoms with E-state index >= 15 is 0 Å². The Kier molecular flexibility index (Phi) is 3.40. The number of hydrogen-bond acceptors (Lipinski definition) is 4. The molecule has 0 atom stereocenters. The fourth-order valence-electron chi connectivity index (χ4n) is 1.16. The second-order valence-electron chi connectivity index (χ2n) is 2.97. The topological polar surface area (TPSA) is 58.0 Å². The van der Waals surface area contributed by atoms with Crippen molar-refractivity contribution < 1.29 is 4.42 Å². The van der Waals surface area contributed by atoms with Gasteiger partial charge in [0.1, 0.15) is 5.76 Å². The first kappa shape index (κ1) is 10.7. The molecule has 2 aromatic heterocycles. The maximum absolute atomic E-state index is 10.8. The van der Waals surface area contributed by atoms with E-state index in [1.807, 2.05) is 11.4 Å². The van der Waals surface area contributed by atoms with Crippen molar-refractivity contribution in [3.05, 3.63) is 43.3 Å². The molecular weight excluding hydrogens is 280 g/mol. The Bertz CT molecular complexity index is 488. The smallest absolute Gasteiger partial charge is 0.304 e. The van der Waals surface area contributed by atoms with Crippen LogP contribution in [0.3, 0.4) is 0 Å². The molecule has 0 radical (unpaired) electrons. The van der Waals surface area contributed by atoms with Crippen LogP contribution in [0.15, 0.2) is 31.4 Å². The first-order valence-corrected chi connectivity index (χ1v) is 6.02. The van der Waals surface area contributed by atoms with Crippen LogP contribution < -0.4 is 10.2 Å². The van der Waals surface area contributed by atoms with Crippen molar-refractivity contribution in [2.45, 2.75) is 13.1 Å². The minimum Gasteiger partial charge on any atom is -0.467 e.